The third-order valence-electron chi connectivity index (χ3n) is 5.36. The van der Waals surface area contributed by atoms with Crippen molar-refractivity contribution in [1.29, 1.82) is 5.26 Å². The summed E-state index contributed by atoms with van der Waals surface area (Å²) in [7, 11) is 0. The smallest absolute Gasteiger partial charge is 0.408 e. The maximum Gasteiger partial charge on any atom is 0.408 e. The minimum absolute atomic E-state index is 0.166. The number of alkyl carbamates (subject to hydrolysis) is 1. The van der Waals surface area contributed by atoms with Crippen LogP contribution in [0.25, 0.3) is 0 Å². The van der Waals surface area contributed by atoms with Gasteiger partial charge in [-0.3, -0.25) is 0 Å². The zero-order valence-corrected chi connectivity index (χ0v) is 17.4. The molecule has 0 radical (unpaired) electrons. The highest BCUT2D eigenvalue weighted by molar-refractivity contribution is 5.72. The minimum atomic E-state index is -0.996. The molecule has 4 nitrogen and oxygen atoms in total. The second kappa shape index (κ2) is 9.63. The summed E-state index contributed by atoms with van der Waals surface area (Å²) in [4.78, 5) is 13.1. The largest absolute Gasteiger partial charge is 0.445 e. The van der Waals surface area contributed by atoms with E-state index in [2.05, 4.69) is 11.4 Å². The highest BCUT2D eigenvalue weighted by atomic mass is 16.5. The molecule has 1 N–H and O–H groups in total. The van der Waals surface area contributed by atoms with E-state index >= 15 is 0 Å². The number of nitrogens with one attached hydrogen (secondary N) is 1. The summed E-state index contributed by atoms with van der Waals surface area (Å²) in [6, 6.07) is 38.5. The third kappa shape index (κ3) is 4.38. The maximum absolute atomic E-state index is 13.1. The van der Waals surface area contributed by atoms with Gasteiger partial charge in [0.15, 0.2) is 0 Å². The molecule has 4 aromatic rings. The Bertz CT molecular complexity index is 1160. The Morgan fingerprint density at radius 2 is 1.19 bits per heavy atom. The first-order chi connectivity index (χ1) is 15.7. The van der Waals surface area contributed by atoms with Gasteiger partial charge in [-0.25, -0.2) is 4.79 Å². The number of benzene rings is 4. The molecule has 0 bridgehead atoms. The van der Waals surface area contributed by atoms with Crippen molar-refractivity contribution in [3.8, 4) is 6.07 Å². The highest BCUT2D eigenvalue weighted by Gasteiger charge is 2.38. The van der Waals surface area contributed by atoms with Gasteiger partial charge in [-0.2, -0.15) is 5.26 Å². The van der Waals surface area contributed by atoms with Crippen LogP contribution in [0.15, 0.2) is 115 Å². The van der Waals surface area contributed by atoms with Crippen LogP contribution in [0.5, 0.6) is 0 Å². The Hall–Kier alpha value is -4.36. The lowest BCUT2D eigenvalue weighted by Gasteiger charge is -2.36. The number of carbonyl (C=O) groups excluding carboxylic acids is 1. The lowest BCUT2D eigenvalue weighted by molar-refractivity contribution is 0.132. The molecular formula is C28H22N2O2. The molecule has 0 saturated heterocycles. The van der Waals surface area contributed by atoms with Crippen LogP contribution in [0.2, 0.25) is 0 Å². The van der Waals surface area contributed by atoms with Crippen LogP contribution in [-0.4, -0.2) is 6.09 Å². The summed E-state index contributed by atoms with van der Waals surface area (Å²) in [5, 5.41) is 12.4. The molecule has 0 heterocycles. The van der Waals surface area contributed by atoms with Crippen LogP contribution in [0.4, 0.5) is 4.79 Å². The van der Waals surface area contributed by atoms with Crippen molar-refractivity contribution in [2.45, 2.75) is 12.1 Å². The van der Waals surface area contributed by atoms with E-state index in [4.69, 9.17) is 4.74 Å². The lowest BCUT2D eigenvalue weighted by Crippen LogP contribution is -2.48. The number of carbonyl (C=O) groups is 1. The van der Waals surface area contributed by atoms with Gasteiger partial charge in [0.25, 0.3) is 0 Å². The molecule has 0 spiro atoms. The molecule has 0 aromatic heterocycles. The summed E-state index contributed by atoms with van der Waals surface area (Å²) in [5.41, 5.74) is 3.05. The molecule has 4 rings (SSSR count). The first-order valence-electron chi connectivity index (χ1n) is 10.3. The fraction of sp³-hybridized carbons (Fsp3) is 0.0714. The van der Waals surface area contributed by atoms with Gasteiger partial charge in [0.05, 0.1) is 11.6 Å². The number of hydrogen-bond acceptors (Lipinski definition) is 3. The summed E-state index contributed by atoms with van der Waals surface area (Å²) in [5.74, 6) is 0. The zero-order chi connectivity index (χ0) is 22.2. The second-order valence-electron chi connectivity index (χ2n) is 7.36. The molecule has 0 fully saturated rings. The number of rotatable bonds is 6. The van der Waals surface area contributed by atoms with Crippen LogP contribution < -0.4 is 5.32 Å². The first-order valence-corrected chi connectivity index (χ1v) is 10.3. The molecule has 0 aliphatic rings. The van der Waals surface area contributed by atoms with Crippen LogP contribution >= 0.6 is 0 Å². The molecule has 0 aliphatic heterocycles. The van der Waals surface area contributed by atoms with Crippen LogP contribution in [0.1, 0.15) is 27.8 Å². The quantitative estimate of drug-likeness (QED) is 0.404. The fourth-order valence-electron chi connectivity index (χ4n) is 3.80. The van der Waals surface area contributed by atoms with E-state index in [-0.39, 0.29) is 6.61 Å². The number of ether oxygens (including phenoxy) is 1. The van der Waals surface area contributed by atoms with Gasteiger partial charge in [-0.05, 0) is 34.4 Å². The van der Waals surface area contributed by atoms with Crippen molar-refractivity contribution >= 4 is 6.09 Å². The van der Waals surface area contributed by atoms with Crippen molar-refractivity contribution in [2.75, 3.05) is 0 Å². The molecule has 0 unspecified atom stereocenters. The van der Waals surface area contributed by atoms with Gasteiger partial charge < -0.3 is 10.1 Å². The van der Waals surface area contributed by atoms with Crippen molar-refractivity contribution in [3.05, 3.63) is 143 Å². The molecule has 0 atom stereocenters. The Morgan fingerprint density at radius 1 is 0.719 bits per heavy atom. The lowest BCUT2D eigenvalue weighted by atomic mass is 9.77. The zero-order valence-electron chi connectivity index (χ0n) is 17.4. The predicted molar refractivity (Wildman–Crippen MR) is 124 cm³/mol. The van der Waals surface area contributed by atoms with E-state index in [1.807, 2.05) is 103 Å². The summed E-state index contributed by atoms with van der Waals surface area (Å²) >= 11 is 0. The van der Waals surface area contributed by atoms with E-state index in [0.29, 0.717) is 5.56 Å². The average molecular weight is 418 g/mol. The van der Waals surface area contributed by atoms with E-state index < -0.39 is 11.6 Å². The molecule has 4 heteroatoms. The molecule has 32 heavy (non-hydrogen) atoms. The van der Waals surface area contributed by atoms with Crippen LogP contribution in [0, 0.1) is 11.3 Å². The normalized spacial score (nSPS) is 10.7. The summed E-state index contributed by atoms with van der Waals surface area (Å²) in [6.45, 7) is 0.166. The monoisotopic (exact) mass is 418 g/mol. The van der Waals surface area contributed by atoms with Crippen LogP contribution in [-0.2, 0) is 16.9 Å². The standard InChI is InChI=1S/C28H22N2O2/c29-20-22-16-18-26(19-17-22)28(24-12-6-2-7-13-24,25-14-8-3-9-15-25)30-27(31)32-21-23-10-4-1-5-11-23/h1-19H,21H2,(H,30,31). The number of amides is 1. The Labute approximate surface area is 187 Å². The molecule has 4 aromatic carbocycles. The second-order valence-corrected chi connectivity index (χ2v) is 7.36. The fourth-order valence-corrected chi connectivity index (χ4v) is 3.80. The Morgan fingerprint density at radius 3 is 1.69 bits per heavy atom. The topological polar surface area (TPSA) is 62.1 Å². The van der Waals surface area contributed by atoms with Gasteiger partial charge in [-0.1, -0.05) is 103 Å². The van der Waals surface area contributed by atoms with Crippen molar-refractivity contribution in [3.63, 3.8) is 0 Å². The molecule has 156 valence electrons. The average Bonchev–Trinajstić information content (AvgIpc) is 2.88. The summed E-state index contributed by atoms with van der Waals surface area (Å²) in [6.07, 6.45) is -0.536. The van der Waals surface area contributed by atoms with E-state index in [1.54, 1.807) is 12.1 Å². The molecular weight excluding hydrogens is 396 g/mol. The summed E-state index contributed by atoms with van der Waals surface area (Å²) < 4.78 is 5.59. The molecule has 0 aliphatic carbocycles. The highest BCUT2D eigenvalue weighted by Crippen LogP contribution is 2.37. The van der Waals surface area contributed by atoms with E-state index in [9.17, 15) is 10.1 Å². The molecule has 1 amide bonds. The van der Waals surface area contributed by atoms with Crippen molar-refractivity contribution in [1.82, 2.24) is 5.32 Å². The van der Waals surface area contributed by atoms with Crippen molar-refractivity contribution in [2.24, 2.45) is 0 Å². The SMILES string of the molecule is N#Cc1ccc(C(NC(=O)OCc2ccccc2)(c2ccccc2)c2ccccc2)cc1. The Balaban J connectivity index is 1.78. The number of nitrogens with zero attached hydrogens (tertiary/aromatic N) is 1. The van der Waals surface area contributed by atoms with Crippen molar-refractivity contribution < 1.29 is 9.53 Å². The number of nitriles is 1. The van der Waals surface area contributed by atoms with Gasteiger partial charge in [-0.15, -0.1) is 0 Å². The first kappa shape index (κ1) is 20.9. The van der Waals surface area contributed by atoms with Crippen LogP contribution in [0.3, 0.4) is 0 Å². The van der Waals surface area contributed by atoms with Gasteiger partial charge in [0, 0.05) is 0 Å². The van der Waals surface area contributed by atoms with E-state index in [1.165, 1.54) is 0 Å². The Kier molecular flexibility index (Phi) is 6.29. The van der Waals surface area contributed by atoms with Gasteiger partial charge in [0.2, 0.25) is 0 Å². The minimum Gasteiger partial charge on any atom is -0.445 e. The predicted octanol–water partition coefficient (Wildman–Crippen LogP) is 5.78. The van der Waals surface area contributed by atoms with Gasteiger partial charge in [0.1, 0.15) is 12.1 Å². The maximum atomic E-state index is 13.1. The third-order valence-corrected chi connectivity index (χ3v) is 5.36. The molecule has 0 saturated carbocycles. The van der Waals surface area contributed by atoms with Gasteiger partial charge >= 0.3 is 6.09 Å². The number of hydrogen-bond donors (Lipinski definition) is 1. The van der Waals surface area contributed by atoms with E-state index in [0.717, 1.165) is 22.3 Å².